The van der Waals surface area contributed by atoms with Crippen LogP contribution in [0.3, 0.4) is 0 Å². The van der Waals surface area contributed by atoms with E-state index in [0.717, 1.165) is 41.1 Å². The normalized spacial score (nSPS) is 13.3. The van der Waals surface area contributed by atoms with Crippen molar-refractivity contribution in [2.75, 3.05) is 6.54 Å². The Morgan fingerprint density at radius 1 is 1.00 bits per heavy atom. The van der Waals surface area contributed by atoms with E-state index in [-0.39, 0.29) is 0 Å². The van der Waals surface area contributed by atoms with Gasteiger partial charge < -0.3 is 5.43 Å². The number of aryl methyl sites for hydroxylation is 3. The first-order valence-electron chi connectivity index (χ1n) is 10.2. The summed E-state index contributed by atoms with van der Waals surface area (Å²) in [6.07, 6.45) is 4.27. The number of aliphatic imine (C=N–C) groups is 2. The first-order valence-corrected chi connectivity index (χ1v) is 11.4. The number of hydrogen-bond donors (Lipinski definition) is 2. The van der Waals surface area contributed by atoms with Crippen LogP contribution in [-0.4, -0.2) is 18.1 Å². The fourth-order valence-corrected chi connectivity index (χ4v) is 4.87. The van der Waals surface area contributed by atoms with Crippen molar-refractivity contribution in [2.24, 2.45) is 15.8 Å². The van der Waals surface area contributed by atoms with Crippen molar-refractivity contribution in [3.05, 3.63) is 86.8 Å². The van der Waals surface area contributed by atoms with Crippen LogP contribution in [-0.2, 0) is 19.3 Å². The molecule has 1 aliphatic rings. The maximum Gasteiger partial charge on any atom is 0.139 e. The van der Waals surface area contributed by atoms with Gasteiger partial charge in [0, 0.05) is 21.0 Å². The molecule has 0 aliphatic carbocycles. The second-order valence-electron chi connectivity index (χ2n) is 7.35. The molecule has 0 saturated heterocycles. The summed E-state index contributed by atoms with van der Waals surface area (Å²) < 4.78 is 0. The lowest BCUT2D eigenvalue weighted by Crippen LogP contribution is -2.32. The quantitative estimate of drug-likeness (QED) is 0.396. The third kappa shape index (κ3) is 4.64. The molecule has 4 nitrogen and oxygen atoms in total. The molecule has 0 atom stereocenters. The summed E-state index contributed by atoms with van der Waals surface area (Å²) in [6, 6.07) is 19.0. The van der Waals surface area contributed by atoms with E-state index >= 15 is 0 Å². The van der Waals surface area contributed by atoms with Crippen LogP contribution in [0.25, 0.3) is 0 Å². The zero-order valence-corrected chi connectivity index (χ0v) is 18.6. The van der Waals surface area contributed by atoms with E-state index in [9.17, 15) is 0 Å². The molecular formula is C24H25ClN4S. The van der Waals surface area contributed by atoms with E-state index in [1.54, 1.807) is 11.3 Å². The number of thiophene rings is 1. The van der Waals surface area contributed by atoms with Gasteiger partial charge in [0.2, 0.25) is 0 Å². The molecule has 0 amide bonds. The van der Waals surface area contributed by atoms with Gasteiger partial charge in [-0.15, -0.1) is 11.3 Å². The summed E-state index contributed by atoms with van der Waals surface area (Å²) in [5, 5.41) is 1.61. The second kappa shape index (κ2) is 9.56. The lowest BCUT2D eigenvalue weighted by molar-refractivity contribution is 0.916. The van der Waals surface area contributed by atoms with E-state index in [0.29, 0.717) is 17.4 Å². The van der Waals surface area contributed by atoms with Crippen LogP contribution in [0.1, 0.15) is 40.5 Å². The summed E-state index contributed by atoms with van der Waals surface area (Å²) in [4.78, 5) is 10.8. The molecule has 154 valence electrons. The molecule has 0 saturated carbocycles. The van der Waals surface area contributed by atoms with Crippen LogP contribution in [0.4, 0.5) is 5.00 Å². The van der Waals surface area contributed by atoms with Crippen LogP contribution in [0.15, 0.2) is 64.6 Å². The van der Waals surface area contributed by atoms with Crippen LogP contribution >= 0.6 is 22.9 Å². The molecule has 30 heavy (non-hydrogen) atoms. The summed E-state index contributed by atoms with van der Waals surface area (Å²) in [6.45, 7) is 2.61. The Morgan fingerprint density at radius 2 is 1.73 bits per heavy atom. The number of nitrogens with one attached hydrogen (secondary N) is 1. The van der Waals surface area contributed by atoms with E-state index in [4.69, 9.17) is 27.4 Å². The Kier molecular flexibility index (Phi) is 6.62. The number of benzene rings is 2. The predicted octanol–water partition coefficient (Wildman–Crippen LogP) is 5.48. The Morgan fingerprint density at radius 3 is 2.43 bits per heavy atom. The minimum absolute atomic E-state index is 0.401. The Bertz CT molecular complexity index is 1080. The number of nitrogens with two attached hydrogens (primary N) is 1. The number of rotatable bonds is 6. The summed E-state index contributed by atoms with van der Waals surface area (Å²) in [7, 11) is 0. The zero-order chi connectivity index (χ0) is 20.9. The van der Waals surface area contributed by atoms with Crippen molar-refractivity contribution in [3.63, 3.8) is 0 Å². The average Bonchev–Trinajstić information content (AvgIpc) is 3.08. The largest absolute Gasteiger partial charge is 0.310 e. The van der Waals surface area contributed by atoms with Crippen molar-refractivity contribution >= 4 is 39.5 Å². The van der Waals surface area contributed by atoms with Gasteiger partial charge in [0.05, 0.1) is 12.3 Å². The number of halogens is 1. The van der Waals surface area contributed by atoms with E-state index in [1.165, 1.54) is 22.4 Å². The Hall–Kier alpha value is -2.47. The van der Waals surface area contributed by atoms with Gasteiger partial charge in [0.1, 0.15) is 10.8 Å². The molecule has 1 aliphatic heterocycles. The van der Waals surface area contributed by atoms with Gasteiger partial charge in [-0.3, -0.25) is 4.99 Å². The van der Waals surface area contributed by atoms with Crippen LogP contribution in [0.5, 0.6) is 0 Å². The van der Waals surface area contributed by atoms with Crippen molar-refractivity contribution in [1.82, 2.24) is 5.43 Å². The van der Waals surface area contributed by atoms with Gasteiger partial charge in [-0.05, 0) is 42.5 Å². The van der Waals surface area contributed by atoms with Gasteiger partial charge in [-0.25, -0.2) is 10.8 Å². The monoisotopic (exact) mass is 436 g/mol. The van der Waals surface area contributed by atoms with Crippen LogP contribution in [0, 0.1) is 0 Å². The number of hydrogen-bond acceptors (Lipinski definition) is 5. The molecular weight excluding hydrogens is 412 g/mol. The zero-order valence-electron chi connectivity index (χ0n) is 17.0. The minimum Gasteiger partial charge on any atom is -0.310 e. The smallest absolute Gasteiger partial charge is 0.139 e. The molecule has 3 aromatic rings. The fraction of sp³-hybridized carbons (Fsp3) is 0.250. The SMILES string of the molecule is CCCc1ccc(CCc2cc3c(s2)N=C(NN)CN=C3c2ccccc2Cl)cc1. The van der Waals surface area contributed by atoms with Gasteiger partial charge in [-0.2, -0.15) is 0 Å². The average molecular weight is 437 g/mol. The molecule has 0 unspecified atom stereocenters. The highest BCUT2D eigenvalue weighted by atomic mass is 35.5. The maximum atomic E-state index is 6.48. The molecule has 0 bridgehead atoms. The standard InChI is InChI=1S/C24H25ClN4S/c1-2-5-16-8-10-17(11-9-16)12-13-18-14-20-23(19-6-3-4-7-21(19)25)27-15-22(29-26)28-24(20)30-18/h3-4,6-11,14H,2,5,12-13,15,26H2,1H3,(H,28,29). The maximum absolute atomic E-state index is 6.48. The summed E-state index contributed by atoms with van der Waals surface area (Å²) >= 11 is 8.17. The molecule has 0 spiro atoms. The number of fused-ring (bicyclic) bond motifs is 1. The van der Waals surface area contributed by atoms with Crippen LogP contribution in [0.2, 0.25) is 5.02 Å². The molecule has 3 N–H and O–H groups in total. The first kappa shape index (κ1) is 20.8. The first-order chi connectivity index (χ1) is 14.7. The van der Waals surface area contributed by atoms with Crippen molar-refractivity contribution in [3.8, 4) is 0 Å². The van der Waals surface area contributed by atoms with E-state index in [1.807, 2.05) is 24.3 Å². The Labute approximate surface area is 186 Å². The van der Waals surface area contributed by atoms with Gasteiger partial charge >= 0.3 is 0 Å². The molecule has 0 radical (unpaired) electrons. The Balaban J connectivity index is 1.60. The summed E-state index contributed by atoms with van der Waals surface area (Å²) in [5.74, 6) is 6.30. The molecule has 2 aromatic carbocycles. The van der Waals surface area contributed by atoms with Gasteiger partial charge in [-0.1, -0.05) is 67.4 Å². The minimum atomic E-state index is 0.401. The molecule has 6 heteroatoms. The third-order valence-corrected chi connectivity index (χ3v) is 6.58. The van der Waals surface area contributed by atoms with E-state index in [2.05, 4.69) is 42.7 Å². The number of hydrazine groups is 1. The highest BCUT2D eigenvalue weighted by Gasteiger charge is 2.21. The summed E-state index contributed by atoms with van der Waals surface area (Å²) in [5.41, 5.74) is 8.24. The number of amidine groups is 1. The molecule has 2 heterocycles. The van der Waals surface area contributed by atoms with Crippen molar-refractivity contribution < 1.29 is 0 Å². The second-order valence-corrected chi connectivity index (χ2v) is 8.87. The third-order valence-electron chi connectivity index (χ3n) is 5.16. The van der Waals surface area contributed by atoms with E-state index < -0.39 is 0 Å². The van der Waals surface area contributed by atoms with Gasteiger partial charge in [0.25, 0.3) is 0 Å². The lowest BCUT2D eigenvalue weighted by Gasteiger charge is -2.07. The fourth-order valence-electron chi connectivity index (χ4n) is 3.59. The number of nitrogens with zero attached hydrogens (tertiary/aromatic N) is 2. The topological polar surface area (TPSA) is 62.8 Å². The van der Waals surface area contributed by atoms with Gasteiger partial charge in [0.15, 0.2) is 0 Å². The molecule has 0 fully saturated rings. The van der Waals surface area contributed by atoms with Crippen molar-refractivity contribution in [2.45, 2.75) is 32.6 Å². The highest BCUT2D eigenvalue weighted by Crippen LogP contribution is 2.36. The molecule has 1 aromatic heterocycles. The molecule has 4 rings (SSSR count). The van der Waals surface area contributed by atoms with Crippen LogP contribution < -0.4 is 11.3 Å². The highest BCUT2D eigenvalue weighted by molar-refractivity contribution is 7.16. The lowest BCUT2D eigenvalue weighted by atomic mass is 10.0. The predicted molar refractivity (Wildman–Crippen MR) is 129 cm³/mol. The van der Waals surface area contributed by atoms with Crippen molar-refractivity contribution in [1.29, 1.82) is 0 Å².